The number of ether oxygens (including phenoxy) is 1. The van der Waals surface area contributed by atoms with Crippen molar-refractivity contribution in [3.05, 3.63) is 65.5 Å². The van der Waals surface area contributed by atoms with E-state index in [0.29, 0.717) is 5.75 Å². The van der Waals surface area contributed by atoms with E-state index in [2.05, 4.69) is 5.32 Å². The molecule has 5 heteroatoms. The summed E-state index contributed by atoms with van der Waals surface area (Å²) in [6.07, 6.45) is -1.10. The van der Waals surface area contributed by atoms with Crippen molar-refractivity contribution >= 4 is 5.91 Å². The van der Waals surface area contributed by atoms with Crippen LogP contribution in [0.2, 0.25) is 0 Å². The fourth-order valence-corrected chi connectivity index (χ4v) is 2.40. The maximum absolute atomic E-state index is 13.7. The predicted octanol–water partition coefficient (Wildman–Crippen LogP) is 2.96. The van der Waals surface area contributed by atoms with Gasteiger partial charge in [-0.15, -0.1) is 0 Å². The van der Waals surface area contributed by atoms with E-state index < -0.39 is 17.3 Å². The van der Waals surface area contributed by atoms with Crippen LogP contribution in [0.15, 0.2) is 48.5 Å². The van der Waals surface area contributed by atoms with Crippen LogP contribution in [0, 0.1) is 5.82 Å². The molecule has 4 nitrogen and oxygen atoms in total. The van der Waals surface area contributed by atoms with Crippen molar-refractivity contribution in [3.63, 3.8) is 0 Å². The molecule has 0 aromatic heterocycles. The van der Waals surface area contributed by atoms with Gasteiger partial charge in [-0.25, -0.2) is 4.39 Å². The number of rotatable bonds is 6. The van der Waals surface area contributed by atoms with Gasteiger partial charge in [0.05, 0.1) is 18.6 Å². The van der Waals surface area contributed by atoms with Crippen LogP contribution in [0.3, 0.4) is 0 Å². The van der Waals surface area contributed by atoms with Gasteiger partial charge in [-0.3, -0.25) is 4.79 Å². The second-order valence-electron chi connectivity index (χ2n) is 6.10. The summed E-state index contributed by atoms with van der Waals surface area (Å²) in [5.41, 5.74) is 0.197. The first kappa shape index (κ1) is 17.9. The second kappa shape index (κ2) is 7.45. The van der Waals surface area contributed by atoms with Crippen molar-refractivity contribution in [2.45, 2.75) is 25.4 Å². The lowest BCUT2D eigenvalue weighted by Gasteiger charge is -2.25. The van der Waals surface area contributed by atoms with Crippen LogP contribution in [0.1, 0.15) is 31.1 Å². The number of aliphatic hydroxyl groups is 1. The van der Waals surface area contributed by atoms with Gasteiger partial charge in [0.15, 0.2) is 0 Å². The Labute approximate surface area is 141 Å². The summed E-state index contributed by atoms with van der Waals surface area (Å²) in [6.45, 7) is 3.53. The maximum Gasteiger partial charge on any atom is 0.230 e. The van der Waals surface area contributed by atoms with Gasteiger partial charge in [-0.2, -0.15) is 0 Å². The molecule has 2 aromatic rings. The standard InChI is InChI=1S/C19H22FNO3/c1-19(2,13-8-10-14(24-3)11-9-13)18(23)21-12-17(22)15-6-4-5-7-16(15)20/h4-11,17,22H,12H2,1-3H3,(H,21,23). The molecule has 0 fully saturated rings. The summed E-state index contributed by atoms with van der Waals surface area (Å²) in [5.74, 6) is -0.0262. The van der Waals surface area contributed by atoms with Crippen LogP contribution >= 0.6 is 0 Å². The maximum atomic E-state index is 13.7. The van der Waals surface area contributed by atoms with Crippen LogP contribution in [0.25, 0.3) is 0 Å². The molecule has 2 N–H and O–H groups in total. The zero-order chi connectivity index (χ0) is 17.7. The quantitative estimate of drug-likeness (QED) is 0.855. The van der Waals surface area contributed by atoms with E-state index in [9.17, 15) is 14.3 Å². The van der Waals surface area contributed by atoms with Gasteiger partial charge in [-0.1, -0.05) is 30.3 Å². The molecule has 1 atom stereocenters. The number of hydrogen-bond acceptors (Lipinski definition) is 3. The Bertz CT molecular complexity index is 698. The molecule has 0 heterocycles. The molecule has 0 spiro atoms. The SMILES string of the molecule is COc1ccc(C(C)(C)C(=O)NCC(O)c2ccccc2F)cc1. The molecule has 0 aliphatic heterocycles. The molecule has 1 amide bonds. The first-order valence-corrected chi connectivity index (χ1v) is 7.71. The van der Waals surface area contributed by atoms with Crippen LogP contribution < -0.4 is 10.1 Å². The fraction of sp³-hybridized carbons (Fsp3) is 0.316. The highest BCUT2D eigenvalue weighted by Gasteiger charge is 2.30. The molecule has 2 aromatic carbocycles. The molecular weight excluding hydrogens is 309 g/mol. The number of benzene rings is 2. The normalized spacial score (nSPS) is 12.5. The molecule has 2 rings (SSSR count). The Balaban J connectivity index is 2.03. The van der Waals surface area contributed by atoms with Gasteiger partial charge >= 0.3 is 0 Å². The zero-order valence-electron chi connectivity index (χ0n) is 14.0. The van der Waals surface area contributed by atoms with Gasteiger partial charge in [0.1, 0.15) is 11.6 Å². The van der Waals surface area contributed by atoms with Gasteiger partial charge in [0.2, 0.25) is 5.91 Å². The highest BCUT2D eigenvalue weighted by Crippen LogP contribution is 2.26. The largest absolute Gasteiger partial charge is 0.497 e. The number of methoxy groups -OCH3 is 1. The van der Waals surface area contributed by atoms with Crippen LogP contribution in [-0.2, 0) is 10.2 Å². The molecule has 128 valence electrons. The first-order valence-electron chi connectivity index (χ1n) is 7.71. The third-order valence-electron chi connectivity index (χ3n) is 4.10. The van der Waals surface area contributed by atoms with E-state index in [1.807, 2.05) is 12.1 Å². The molecule has 0 saturated heterocycles. The fourth-order valence-electron chi connectivity index (χ4n) is 2.40. The second-order valence-corrected chi connectivity index (χ2v) is 6.10. The molecule has 0 aliphatic rings. The van der Waals surface area contributed by atoms with Gasteiger partial charge < -0.3 is 15.2 Å². The summed E-state index contributed by atoms with van der Waals surface area (Å²) in [4.78, 5) is 12.5. The van der Waals surface area contributed by atoms with Crippen molar-refractivity contribution in [2.75, 3.05) is 13.7 Å². The summed E-state index contributed by atoms with van der Waals surface area (Å²) in [5, 5.41) is 12.8. The van der Waals surface area contributed by atoms with Gasteiger partial charge in [0, 0.05) is 12.1 Å². The predicted molar refractivity (Wildman–Crippen MR) is 90.4 cm³/mol. The number of carbonyl (C=O) groups excluding carboxylic acids is 1. The topological polar surface area (TPSA) is 58.6 Å². The third kappa shape index (κ3) is 3.92. The number of aliphatic hydroxyl groups excluding tert-OH is 1. The van der Waals surface area contributed by atoms with E-state index in [-0.39, 0.29) is 18.0 Å². The lowest BCUT2D eigenvalue weighted by Crippen LogP contribution is -2.41. The lowest BCUT2D eigenvalue weighted by atomic mass is 9.83. The number of amides is 1. The van der Waals surface area contributed by atoms with E-state index in [1.54, 1.807) is 45.2 Å². The first-order chi connectivity index (χ1) is 11.4. The molecular formula is C19H22FNO3. The van der Waals surface area contributed by atoms with Gasteiger partial charge in [0.25, 0.3) is 0 Å². The molecule has 1 unspecified atom stereocenters. The van der Waals surface area contributed by atoms with Gasteiger partial charge in [-0.05, 0) is 37.6 Å². The summed E-state index contributed by atoms with van der Waals surface area (Å²) in [7, 11) is 1.58. The smallest absolute Gasteiger partial charge is 0.230 e. The highest BCUT2D eigenvalue weighted by atomic mass is 19.1. The third-order valence-corrected chi connectivity index (χ3v) is 4.10. The Morgan fingerprint density at radius 1 is 1.21 bits per heavy atom. The van der Waals surface area contributed by atoms with Crippen LogP contribution in [0.4, 0.5) is 4.39 Å². The van der Waals surface area contributed by atoms with Crippen LogP contribution in [0.5, 0.6) is 5.75 Å². The minimum Gasteiger partial charge on any atom is -0.497 e. The molecule has 24 heavy (non-hydrogen) atoms. The van der Waals surface area contributed by atoms with Crippen molar-refractivity contribution in [1.82, 2.24) is 5.32 Å². The average Bonchev–Trinajstić information content (AvgIpc) is 2.59. The molecule has 0 aliphatic carbocycles. The summed E-state index contributed by atoms with van der Waals surface area (Å²) >= 11 is 0. The van der Waals surface area contributed by atoms with Crippen LogP contribution in [-0.4, -0.2) is 24.7 Å². The highest BCUT2D eigenvalue weighted by molar-refractivity contribution is 5.87. The lowest BCUT2D eigenvalue weighted by molar-refractivity contribution is -0.126. The van der Waals surface area contributed by atoms with E-state index in [1.165, 1.54) is 12.1 Å². The average molecular weight is 331 g/mol. The number of halogens is 1. The van der Waals surface area contributed by atoms with E-state index >= 15 is 0 Å². The van der Waals surface area contributed by atoms with Crippen molar-refractivity contribution in [1.29, 1.82) is 0 Å². The molecule has 0 radical (unpaired) electrons. The summed E-state index contributed by atoms with van der Waals surface area (Å²) < 4.78 is 18.8. The zero-order valence-corrected chi connectivity index (χ0v) is 14.0. The number of hydrogen-bond donors (Lipinski definition) is 2. The minimum absolute atomic E-state index is 0.0562. The Hall–Kier alpha value is -2.40. The Morgan fingerprint density at radius 3 is 2.42 bits per heavy atom. The van der Waals surface area contributed by atoms with E-state index in [0.717, 1.165) is 5.56 Å². The Kier molecular flexibility index (Phi) is 5.57. The van der Waals surface area contributed by atoms with E-state index in [4.69, 9.17) is 4.74 Å². The molecule has 0 bridgehead atoms. The van der Waals surface area contributed by atoms with Crippen molar-refractivity contribution in [2.24, 2.45) is 0 Å². The number of carbonyl (C=O) groups is 1. The summed E-state index contributed by atoms with van der Waals surface area (Å²) in [6, 6.07) is 13.2. The monoisotopic (exact) mass is 331 g/mol. The molecule has 0 saturated carbocycles. The minimum atomic E-state index is -1.10. The van der Waals surface area contributed by atoms with Crippen molar-refractivity contribution < 1.29 is 19.0 Å². The van der Waals surface area contributed by atoms with Crippen molar-refractivity contribution in [3.8, 4) is 5.75 Å². The number of nitrogens with one attached hydrogen (secondary N) is 1. The Morgan fingerprint density at radius 2 is 1.83 bits per heavy atom.